The highest BCUT2D eigenvalue weighted by Crippen LogP contribution is 2.34. The number of carbonyl (C=O) groups excluding carboxylic acids is 1. The molecule has 7 nitrogen and oxygen atoms in total. The summed E-state index contributed by atoms with van der Waals surface area (Å²) in [5.41, 5.74) is 2.63. The van der Waals surface area contributed by atoms with Gasteiger partial charge in [0.05, 0.1) is 34.1 Å². The van der Waals surface area contributed by atoms with E-state index in [2.05, 4.69) is 4.90 Å². The van der Waals surface area contributed by atoms with Gasteiger partial charge in [-0.05, 0) is 50.1 Å². The van der Waals surface area contributed by atoms with Gasteiger partial charge >= 0.3 is 0 Å². The third-order valence-electron chi connectivity index (χ3n) is 6.19. The number of sulfone groups is 1. The van der Waals surface area contributed by atoms with Crippen molar-refractivity contribution in [3.63, 3.8) is 0 Å². The molecule has 4 rings (SSSR count). The van der Waals surface area contributed by atoms with Crippen molar-refractivity contribution in [2.45, 2.75) is 31.6 Å². The summed E-state index contributed by atoms with van der Waals surface area (Å²) in [6.45, 7) is 8.31. The van der Waals surface area contributed by atoms with Gasteiger partial charge in [0.25, 0.3) is 0 Å². The summed E-state index contributed by atoms with van der Waals surface area (Å²) in [6.07, 6.45) is 0.648. The van der Waals surface area contributed by atoms with Crippen molar-refractivity contribution < 1.29 is 17.9 Å². The zero-order valence-electron chi connectivity index (χ0n) is 20.0. The molecule has 3 aromatic rings. The summed E-state index contributed by atoms with van der Waals surface area (Å²) >= 11 is 7.70. The maximum absolute atomic E-state index is 13.4. The second-order valence-corrected chi connectivity index (χ2v) is 12.3. The molecular formula is C25H30ClN3O4S2. The number of hydrogen-bond acceptors (Lipinski definition) is 7. The fourth-order valence-corrected chi connectivity index (χ4v) is 6.48. The lowest BCUT2D eigenvalue weighted by atomic mass is 10.2. The molecule has 1 aliphatic heterocycles. The molecule has 10 heteroatoms. The topological polar surface area (TPSA) is 79.8 Å². The van der Waals surface area contributed by atoms with Crippen LogP contribution in [-0.2, 0) is 19.4 Å². The van der Waals surface area contributed by atoms with Crippen LogP contribution in [0.5, 0.6) is 0 Å². The number of rotatable bonds is 9. The van der Waals surface area contributed by atoms with E-state index in [0.29, 0.717) is 16.7 Å². The summed E-state index contributed by atoms with van der Waals surface area (Å²) < 4.78 is 32.0. The van der Waals surface area contributed by atoms with Gasteiger partial charge in [-0.15, -0.1) is 0 Å². The minimum atomic E-state index is -3.57. The van der Waals surface area contributed by atoms with Crippen molar-refractivity contribution >= 4 is 54.0 Å². The molecule has 0 atom stereocenters. The maximum atomic E-state index is 13.4. The van der Waals surface area contributed by atoms with E-state index in [1.54, 1.807) is 29.2 Å². The lowest BCUT2D eigenvalue weighted by Gasteiger charge is -2.27. The van der Waals surface area contributed by atoms with Crippen LogP contribution < -0.4 is 4.90 Å². The van der Waals surface area contributed by atoms with Crippen molar-refractivity contribution in [1.29, 1.82) is 0 Å². The van der Waals surface area contributed by atoms with Gasteiger partial charge < -0.3 is 4.74 Å². The Kier molecular flexibility index (Phi) is 8.44. The van der Waals surface area contributed by atoms with Gasteiger partial charge in [0.2, 0.25) is 5.91 Å². The molecule has 0 N–H and O–H groups in total. The van der Waals surface area contributed by atoms with Crippen molar-refractivity contribution in [2.75, 3.05) is 50.0 Å². The number of hydrogen-bond donors (Lipinski definition) is 0. The number of thiazole rings is 1. The number of halogens is 1. The van der Waals surface area contributed by atoms with Gasteiger partial charge in [0.15, 0.2) is 15.0 Å². The van der Waals surface area contributed by atoms with Crippen LogP contribution in [-0.4, -0.2) is 69.4 Å². The molecule has 0 radical (unpaired) electrons. The quantitative estimate of drug-likeness (QED) is 0.402. The highest BCUT2D eigenvalue weighted by atomic mass is 35.5. The number of anilines is 1. The lowest BCUT2D eigenvalue weighted by molar-refractivity contribution is -0.118. The van der Waals surface area contributed by atoms with Crippen LogP contribution in [0.4, 0.5) is 5.13 Å². The fourth-order valence-electron chi connectivity index (χ4n) is 4.03. The summed E-state index contributed by atoms with van der Waals surface area (Å²) in [4.78, 5) is 22.3. The van der Waals surface area contributed by atoms with Gasteiger partial charge in [-0.1, -0.05) is 40.6 Å². The highest BCUT2D eigenvalue weighted by molar-refractivity contribution is 7.91. The first-order chi connectivity index (χ1) is 16.7. The summed E-state index contributed by atoms with van der Waals surface area (Å²) in [7, 11) is -3.57. The molecular weight excluding hydrogens is 506 g/mol. The molecule has 1 aromatic heterocycles. The third kappa shape index (κ3) is 6.40. The Bertz CT molecular complexity index is 1290. The zero-order valence-corrected chi connectivity index (χ0v) is 22.4. The third-order valence-corrected chi connectivity index (χ3v) is 9.38. The fraction of sp³-hybridized carbons (Fsp3) is 0.440. The Morgan fingerprint density at radius 1 is 1.14 bits per heavy atom. The molecule has 1 amide bonds. The van der Waals surface area contributed by atoms with Crippen LogP contribution >= 0.6 is 22.9 Å². The first kappa shape index (κ1) is 26.0. The van der Waals surface area contributed by atoms with Crippen LogP contribution in [0.15, 0.2) is 41.3 Å². The molecule has 0 spiro atoms. The van der Waals surface area contributed by atoms with E-state index < -0.39 is 9.84 Å². The summed E-state index contributed by atoms with van der Waals surface area (Å²) in [5, 5.41) is 1.20. The summed E-state index contributed by atoms with van der Waals surface area (Å²) in [5.74, 6) is -0.490. The molecule has 2 aromatic carbocycles. The van der Waals surface area contributed by atoms with Gasteiger partial charge in [-0.3, -0.25) is 14.6 Å². The average molecular weight is 536 g/mol. The molecule has 2 heterocycles. The van der Waals surface area contributed by atoms with Gasteiger partial charge in [-0.25, -0.2) is 13.4 Å². The van der Waals surface area contributed by atoms with Crippen LogP contribution in [0.25, 0.3) is 10.2 Å². The first-order valence-corrected chi connectivity index (χ1v) is 14.5. The maximum Gasteiger partial charge on any atom is 0.229 e. The molecule has 1 saturated heterocycles. The molecule has 1 aliphatic rings. The van der Waals surface area contributed by atoms with E-state index in [0.717, 1.165) is 60.6 Å². The van der Waals surface area contributed by atoms with E-state index in [4.69, 9.17) is 21.3 Å². The van der Waals surface area contributed by atoms with Crippen molar-refractivity contribution in [3.8, 4) is 0 Å². The molecule has 35 heavy (non-hydrogen) atoms. The molecule has 1 fully saturated rings. The van der Waals surface area contributed by atoms with Crippen LogP contribution in [0.2, 0.25) is 5.02 Å². The SMILES string of the molecule is Cc1ccc(S(=O)(=O)CCC(=O)N(CCCN2CCOCC2)c2nc3c(C)c(Cl)ccc3s2)cc1. The van der Waals surface area contributed by atoms with Gasteiger partial charge in [0, 0.05) is 37.6 Å². The number of morpholine rings is 1. The highest BCUT2D eigenvalue weighted by Gasteiger charge is 2.24. The molecule has 0 aliphatic carbocycles. The van der Waals surface area contributed by atoms with Crippen molar-refractivity contribution in [2.24, 2.45) is 0 Å². The molecule has 0 unspecified atom stereocenters. The van der Waals surface area contributed by atoms with Crippen molar-refractivity contribution in [1.82, 2.24) is 9.88 Å². The predicted octanol–water partition coefficient (Wildman–Crippen LogP) is 4.49. The molecule has 188 valence electrons. The number of aryl methyl sites for hydroxylation is 2. The number of benzene rings is 2. The Morgan fingerprint density at radius 2 is 1.86 bits per heavy atom. The van der Waals surface area contributed by atoms with E-state index in [1.807, 2.05) is 26.0 Å². The average Bonchev–Trinajstić information content (AvgIpc) is 3.28. The Labute approximate surface area is 215 Å². The minimum absolute atomic E-state index is 0.108. The molecule has 0 bridgehead atoms. The number of ether oxygens (including phenoxy) is 1. The number of amides is 1. The zero-order chi connectivity index (χ0) is 25.0. The largest absolute Gasteiger partial charge is 0.379 e. The minimum Gasteiger partial charge on any atom is -0.379 e. The monoisotopic (exact) mass is 535 g/mol. The first-order valence-electron chi connectivity index (χ1n) is 11.7. The smallest absolute Gasteiger partial charge is 0.229 e. The second-order valence-electron chi connectivity index (χ2n) is 8.75. The standard InChI is InChI=1S/C25H30ClN3O4S2/c1-18-4-6-20(7-5-18)35(31,32)17-10-23(30)29(12-3-11-28-13-15-33-16-14-28)25-27-24-19(2)21(26)8-9-22(24)34-25/h4-9H,3,10-17H2,1-2H3. The Morgan fingerprint density at radius 3 is 2.57 bits per heavy atom. The van der Waals surface area contributed by atoms with E-state index in [1.165, 1.54) is 11.3 Å². The van der Waals surface area contributed by atoms with E-state index in [9.17, 15) is 13.2 Å². The van der Waals surface area contributed by atoms with Gasteiger partial charge in [0.1, 0.15) is 0 Å². The molecule has 0 saturated carbocycles. The van der Waals surface area contributed by atoms with Gasteiger partial charge in [-0.2, -0.15) is 0 Å². The van der Waals surface area contributed by atoms with Crippen LogP contribution in [0.1, 0.15) is 24.0 Å². The van der Waals surface area contributed by atoms with E-state index >= 15 is 0 Å². The Balaban J connectivity index is 1.51. The summed E-state index contributed by atoms with van der Waals surface area (Å²) in [6, 6.07) is 10.5. The Hall–Kier alpha value is -2.04. The van der Waals surface area contributed by atoms with Crippen molar-refractivity contribution in [3.05, 3.63) is 52.5 Å². The number of fused-ring (bicyclic) bond motifs is 1. The normalized spacial score (nSPS) is 14.9. The van der Waals surface area contributed by atoms with Crippen LogP contribution in [0.3, 0.4) is 0 Å². The number of aromatic nitrogens is 1. The van der Waals surface area contributed by atoms with E-state index in [-0.39, 0.29) is 23.0 Å². The number of carbonyl (C=O) groups is 1. The second kappa shape index (κ2) is 11.3. The number of nitrogens with zero attached hydrogens (tertiary/aromatic N) is 3. The van der Waals surface area contributed by atoms with Crippen LogP contribution in [0, 0.1) is 13.8 Å². The predicted molar refractivity (Wildman–Crippen MR) is 141 cm³/mol. The lowest BCUT2D eigenvalue weighted by Crippen LogP contribution is -2.39.